The molecular weight excluding hydrogens is 334 g/mol. The van der Waals surface area contributed by atoms with Gasteiger partial charge in [0.05, 0.1) is 3.79 Å². The van der Waals surface area contributed by atoms with E-state index in [-0.39, 0.29) is 5.91 Å². The van der Waals surface area contributed by atoms with Gasteiger partial charge in [0.25, 0.3) is 0 Å². The van der Waals surface area contributed by atoms with Gasteiger partial charge in [0.2, 0.25) is 5.91 Å². The van der Waals surface area contributed by atoms with Crippen molar-refractivity contribution in [3.8, 4) is 0 Å². The van der Waals surface area contributed by atoms with Crippen molar-refractivity contribution in [2.24, 2.45) is 0 Å². The quantitative estimate of drug-likeness (QED) is 0.781. The summed E-state index contributed by atoms with van der Waals surface area (Å²) in [7, 11) is 1.87. The van der Waals surface area contributed by atoms with Crippen LogP contribution in [0.2, 0.25) is 0 Å². The van der Waals surface area contributed by atoms with E-state index in [0.717, 1.165) is 10.2 Å². The average molecular weight is 352 g/mol. The summed E-state index contributed by atoms with van der Waals surface area (Å²) in [5.74, 6) is 0.190. The van der Waals surface area contributed by atoms with E-state index in [4.69, 9.17) is 0 Å². The number of hydrogen-bond donors (Lipinski definition) is 0. The third kappa shape index (κ3) is 4.18. The fourth-order valence-electron chi connectivity index (χ4n) is 2.11. The molecule has 2 rings (SSSR count). The lowest BCUT2D eigenvalue weighted by Crippen LogP contribution is -2.26. The van der Waals surface area contributed by atoms with E-state index in [1.165, 1.54) is 16.7 Å². The number of benzene rings is 1. The molecule has 1 heterocycles. The SMILES string of the molecule is Cc1ccccc1CCC(=O)N(C)Cc1csc(Br)c1. The maximum absolute atomic E-state index is 12.2. The number of rotatable bonds is 5. The van der Waals surface area contributed by atoms with Crippen LogP contribution in [0.5, 0.6) is 0 Å². The van der Waals surface area contributed by atoms with Gasteiger partial charge in [-0.05, 0) is 57.4 Å². The van der Waals surface area contributed by atoms with Gasteiger partial charge in [-0.15, -0.1) is 11.3 Å². The first-order chi connectivity index (χ1) is 9.56. The summed E-state index contributed by atoms with van der Waals surface area (Å²) in [4.78, 5) is 14.0. The molecule has 2 aromatic rings. The minimum atomic E-state index is 0.190. The van der Waals surface area contributed by atoms with Crippen LogP contribution in [-0.4, -0.2) is 17.9 Å². The van der Waals surface area contributed by atoms with Gasteiger partial charge in [-0.2, -0.15) is 0 Å². The van der Waals surface area contributed by atoms with Crippen molar-refractivity contribution < 1.29 is 4.79 Å². The molecule has 0 atom stereocenters. The summed E-state index contributed by atoms with van der Waals surface area (Å²) in [5, 5.41) is 2.08. The maximum Gasteiger partial charge on any atom is 0.222 e. The summed E-state index contributed by atoms with van der Waals surface area (Å²) in [6.45, 7) is 2.76. The molecule has 1 aromatic heterocycles. The van der Waals surface area contributed by atoms with Crippen LogP contribution in [0.15, 0.2) is 39.5 Å². The van der Waals surface area contributed by atoms with Crippen molar-refractivity contribution in [2.45, 2.75) is 26.3 Å². The molecule has 0 fully saturated rings. The molecule has 0 saturated heterocycles. The van der Waals surface area contributed by atoms with Crippen molar-refractivity contribution in [1.82, 2.24) is 4.90 Å². The molecule has 0 N–H and O–H groups in total. The Kier molecular flexibility index (Phi) is 5.38. The first-order valence-electron chi connectivity index (χ1n) is 6.57. The van der Waals surface area contributed by atoms with Crippen molar-refractivity contribution in [2.75, 3.05) is 7.05 Å². The number of thiophene rings is 1. The number of amides is 1. The summed E-state index contributed by atoms with van der Waals surface area (Å²) in [5.41, 5.74) is 3.69. The molecule has 4 heteroatoms. The van der Waals surface area contributed by atoms with Gasteiger partial charge >= 0.3 is 0 Å². The third-order valence-electron chi connectivity index (χ3n) is 3.34. The van der Waals surface area contributed by atoms with Crippen LogP contribution >= 0.6 is 27.3 Å². The molecule has 20 heavy (non-hydrogen) atoms. The summed E-state index contributed by atoms with van der Waals surface area (Å²) < 4.78 is 1.10. The second-order valence-corrected chi connectivity index (χ2v) is 7.23. The van der Waals surface area contributed by atoms with Crippen LogP contribution in [0.4, 0.5) is 0 Å². The van der Waals surface area contributed by atoms with Gasteiger partial charge in [-0.3, -0.25) is 4.79 Å². The molecule has 2 nitrogen and oxygen atoms in total. The minimum Gasteiger partial charge on any atom is -0.341 e. The largest absolute Gasteiger partial charge is 0.341 e. The highest BCUT2D eigenvalue weighted by atomic mass is 79.9. The number of aryl methyl sites for hydroxylation is 2. The molecule has 0 radical (unpaired) electrons. The van der Waals surface area contributed by atoms with Crippen LogP contribution in [-0.2, 0) is 17.8 Å². The lowest BCUT2D eigenvalue weighted by molar-refractivity contribution is -0.130. The van der Waals surface area contributed by atoms with Crippen LogP contribution in [0, 0.1) is 6.92 Å². The van der Waals surface area contributed by atoms with Gasteiger partial charge in [0, 0.05) is 20.0 Å². The molecule has 0 aliphatic rings. The third-order valence-corrected chi connectivity index (χ3v) is 4.89. The van der Waals surface area contributed by atoms with Gasteiger partial charge in [0.15, 0.2) is 0 Å². The molecule has 0 aliphatic heterocycles. The molecule has 0 aliphatic carbocycles. The van der Waals surface area contributed by atoms with Gasteiger partial charge in [-0.25, -0.2) is 0 Å². The van der Waals surface area contributed by atoms with Crippen molar-refractivity contribution in [1.29, 1.82) is 0 Å². The normalized spacial score (nSPS) is 10.6. The Hall–Kier alpha value is -1.13. The monoisotopic (exact) mass is 351 g/mol. The summed E-state index contributed by atoms with van der Waals surface area (Å²) >= 11 is 5.09. The van der Waals surface area contributed by atoms with Crippen LogP contribution in [0.3, 0.4) is 0 Å². The summed E-state index contributed by atoms with van der Waals surface area (Å²) in [6, 6.07) is 10.3. The van der Waals surface area contributed by atoms with Crippen molar-refractivity contribution in [3.63, 3.8) is 0 Å². The number of halogens is 1. The first kappa shape index (κ1) is 15.3. The topological polar surface area (TPSA) is 20.3 Å². The molecule has 1 aromatic carbocycles. The van der Waals surface area contributed by atoms with Gasteiger partial charge < -0.3 is 4.90 Å². The van der Waals surface area contributed by atoms with Crippen LogP contribution in [0.1, 0.15) is 23.1 Å². The smallest absolute Gasteiger partial charge is 0.222 e. The highest BCUT2D eigenvalue weighted by Crippen LogP contribution is 2.21. The van der Waals surface area contributed by atoms with Gasteiger partial charge in [0.1, 0.15) is 0 Å². The zero-order chi connectivity index (χ0) is 14.5. The van der Waals surface area contributed by atoms with Crippen LogP contribution < -0.4 is 0 Å². The Balaban J connectivity index is 1.87. The predicted molar refractivity (Wildman–Crippen MR) is 88.0 cm³/mol. The number of carbonyl (C=O) groups is 1. The Morgan fingerprint density at radius 3 is 2.75 bits per heavy atom. The maximum atomic E-state index is 12.2. The van der Waals surface area contributed by atoms with Crippen molar-refractivity contribution >= 4 is 33.2 Å². The minimum absolute atomic E-state index is 0.190. The molecular formula is C16H18BrNOS. The zero-order valence-corrected chi connectivity index (χ0v) is 14.1. The summed E-state index contributed by atoms with van der Waals surface area (Å²) in [6.07, 6.45) is 1.37. The Bertz CT molecular complexity index is 594. The fraction of sp³-hybridized carbons (Fsp3) is 0.312. The Morgan fingerprint density at radius 1 is 1.35 bits per heavy atom. The molecule has 0 saturated carbocycles. The number of nitrogens with zero attached hydrogens (tertiary/aromatic N) is 1. The van der Waals surface area contributed by atoms with E-state index < -0.39 is 0 Å². The van der Waals surface area contributed by atoms with Crippen molar-refractivity contribution in [3.05, 3.63) is 56.2 Å². The van der Waals surface area contributed by atoms with E-state index in [1.807, 2.05) is 19.2 Å². The molecule has 0 unspecified atom stereocenters. The second-order valence-electron chi connectivity index (χ2n) is 4.94. The van der Waals surface area contributed by atoms with Gasteiger partial charge in [-0.1, -0.05) is 24.3 Å². The number of carbonyl (C=O) groups excluding carboxylic acids is 1. The highest BCUT2D eigenvalue weighted by molar-refractivity contribution is 9.11. The average Bonchev–Trinajstić information content (AvgIpc) is 2.82. The molecule has 1 amide bonds. The van der Waals surface area contributed by atoms with E-state index in [0.29, 0.717) is 13.0 Å². The standard InChI is InChI=1S/C16H18BrNOS/c1-12-5-3-4-6-14(12)7-8-16(19)18(2)10-13-9-15(17)20-11-13/h3-6,9,11H,7-8,10H2,1-2H3. The zero-order valence-electron chi connectivity index (χ0n) is 11.7. The fourth-order valence-corrected chi connectivity index (χ4v) is 3.31. The number of hydrogen-bond acceptors (Lipinski definition) is 2. The Morgan fingerprint density at radius 2 is 2.10 bits per heavy atom. The lowest BCUT2D eigenvalue weighted by atomic mass is 10.0. The second kappa shape index (κ2) is 7.04. The lowest BCUT2D eigenvalue weighted by Gasteiger charge is -2.16. The predicted octanol–water partition coefficient (Wildman–Crippen LogP) is 4.41. The van der Waals surface area contributed by atoms with E-state index in [1.54, 1.807) is 16.2 Å². The molecule has 106 valence electrons. The van der Waals surface area contributed by atoms with E-state index in [9.17, 15) is 4.79 Å². The van der Waals surface area contributed by atoms with E-state index in [2.05, 4.69) is 46.4 Å². The van der Waals surface area contributed by atoms with E-state index >= 15 is 0 Å². The van der Waals surface area contributed by atoms with Crippen LogP contribution in [0.25, 0.3) is 0 Å². The first-order valence-corrected chi connectivity index (χ1v) is 8.25. The molecule has 0 spiro atoms. The molecule has 0 bridgehead atoms. The Labute approximate surface area is 132 Å². The highest BCUT2D eigenvalue weighted by Gasteiger charge is 2.11.